The molecule has 0 fully saturated rings. The van der Waals surface area contributed by atoms with E-state index in [4.69, 9.17) is 5.11 Å². The van der Waals surface area contributed by atoms with Crippen LogP contribution in [-0.2, 0) is 13.7 Å². The first-order chi connectivity index (χ1) is 6.65. The van der Waals surface area contributed by atoms with Crippen LogP contribution in [0.5, 0.6) is 0 Å². The Hall–Kier alpha value is -0.870. The molecule has 1 heterocycles. The van der Waals surface area contributed by atoms with Crippen LogP contribution in [0.25, 0.3) is 10.9 Å². The minimum atomic E-state index is -0.268. The molecule has 0 aliphatic rings. The molecule has 1 N–H and O–H groups in total. The first-order valence-electron chi connectivity index (χ1n) is 4.18. The number of halogens is 2. The second-order valence-corrected chi connectivity index (χ2v) is 3.93. The van der Waals surface area contributed by atoms with Crippen molar-refractivity contribution in [2.24, 2.45) is 7.05 Å². The van der Waals surface area contributed by atoms with Gasteiger partial charge < -0.3 is 9.67 Å². The molecule has 0 aliphatic carbocycles. The average molecular weight is 258 g/mol. The van der Waals surface area contributed by atoms with Gasteiger partial charge in [0.15, 0.2) is 0 Å². The van der Waals surface area contributed by atoms with Crippen molar-refractivity contribution in [2.45, 2.75) is 6.61 Å². The molecule has 2 rings (SSSR count). The van der Waals surface area contributed by atoms with Crippen molar-refractivity contribution in [2.75, 3.05) is 0 Å². The van der Waals surface area contributed by atoms with Gasteiger partial charge in [0.25, 0.3) is 0 Å². The van der Waals surface area contributed by atoms with Crippen LogP contribution in [-0.4, -0.2) is 9.67 Å². The Morgan fingerprint density at radius 1 is 1.50 bits per heavy atom. The number of fused-ring (bicyclic) bond motifs is 1. The van der Waals surface area contributed by atoms with E-state index >= 15 is 0 Å². The highest BCUT2D eigenvalue weighted by molar-refractivity contribution is 9.10. The summed E-state index contributed by atoms with van der Waals surface area (Å²) in [6.45, 7) is -0.0621. The molecule has 0 amide bonds. The minimum Gasteiger partial charge on any atom is -0.390 e. The van der Waals surface area contributed by atoms with Crippen LogP contribution in [0.4, 0.5) is 4.39 Å². The van der Waals surface area contributed by atoms with Crippen molar-refractivity contribution in [3.63, 3.8) is 0 Å². The summed E-state index contributed by atoms with van der Waals surface area (Å²) in [5.74, 6) is -0.268. The second-order valence-electron chi connectivity index (χ2n) is 3.14. The lowest BCUT2D eigenvalue weighted by atomic mass is 10.2. The molecule has 2 aromatic rings. The van der Waals surface area contributed by atoms with E-state index in [0.29, 0.717) is 0 Å². The Bertz CT molecular complexity index is 492. The van der Waals surface area contributed by atoms with E-state index in [1.807, 2.05) is 0 Å². The van der Waals surface area contributed by atoms with Gasteiger partial charge in [0, 0.05) is 16.9 Å². The van der Waals surface area contributed by atoms with E-state index in [0.717, 1.165) is 21.1 Å². The molecule has 0 saturated heterocycles. The number of rotatable bonds is 1. The Labute approximate surface area is 89.1 Å². The van der Waals surface area contributed by atoms with Crippen LogP contribution in [0.3, 0.4) is 0 Å². The van der Waals surface area contributed by atoms with E-state index < -0.39 is 0 Å². The van der Waals surface area contributed by atoms with Gasteiger partial charge in [0.1, 0.15) is 5.82 Å². The minimum absolute atomic E-state index is 0.0621. The lowest BCUT2D eigenvalue weighted by Gasteiger charge is -1.99. The van der Waals surface area contributed by atoms with Gasteiger partial charge in [-0.1, -0.05) is 0 Å². The molecule has 2 nitrogen and oxygen atoms in total. The molecule has 0 radical (unpaired) electrons. The Morgan fingerprint density at radius 3 is 2.86 bits per heavy atom. The smallest absolute Gasteiger partial charge is 0.125 e. The number of benzene rings is 1. The molecule has 1 aromatic carbocycles. The van der Waals surface area contributed by atoms with Gasteiger partial charge >= 0.3 is 0 Å². The van der Waals surface area contributed by atoms with Crippen LogP contribution in [0.2, 0.25) is 0 Å². The number of aryl methyl sites for hydroxylation is 1. The highest BCUT2D eigenvalue weighted by Crippen LogP contribution is 2.30. The van der Waals surface area contributed by atoms with E-state index in [1.165, 1.54) is 12.1 Å². The first kappa shape index (κ1) is 9.68. The van der Waals surface area contributed by atoms with Gasteiger partial charge in [-0.25, -0.2) is 4.39 Å². The van der Waals surface area contributed by atoms with Crippen molar-refractivity contribution < 1.29 is 9.50 Å². The molecular formula is C10H9BrFNO. The molecule has 0 bridgehead atoms. The van der Waals surface area contributed by atoms with E-state index in [9.17, 15) is 4.39 Å². The summed E-state index contributed by atoms with van der Waals surface area (Å²) in [5.41, 5.74) is 1.53. The standard InChI is InChI=1S/C10H9BrFNO/c1-13-8-4-6(12)2-3-7(8)10(11)9(13)5-14/h2-4,14H,5H2,1H3. The van der Waals surface area contributed by atoms with Gasteiger partial charge in [-0.15, -0.1) is 0 Å². The van der Waals surface area contributed by atoms with Gasteiger partial charge in [0.2, 0.25) is 0 Å². The van der Waals surface area contributed by atoms with Gasteiger partial charge in [-0.05, 0) is 34.1 Å². The summed E-state index contributed by atoms with van der Waals surface area (Å²) < 4.78 is 15.6. The van der Waals surface area contributed by atoms with Crippen molar-refractivity contribution in [1.82, 2.24) is 4.57 Å². The molecule has 0 saturated carbocycles. The fraction of sp³-hybridized carbons (Fsp3) is 0.200. The summed E-state index contributed by atoms with van der Waals surface area (Å²) in [6, 6.07) is 4.57. The SMILES string of the molecule is Cn1c(CO)c(Br)c2ccc(F)cc21. The fourth-order valence-corrected chi connectivity index (χ4v) is 2.32. The summed E-state index contributed by atoms with van der Waals surface area (Å²) >= 11 is 3.38. The lowest BCUT2D eigenvalue weighted by molar-refractivity contribution is 0.272. The Kier molecular flexibility index (Phi) is 2.33. The van der Waals surface area contributed by atoms with E-state index in [1.54, 1.807) is 17.7 Å². The van der Waals surface area contributed by atoms with Crippen molar-refractivity contribution >= 4 is 26.8 Å². The number of nitrogens with zero attached hydrogens (tertiary/aromatic N) is 1. The van der Waals surface area contributed by atoms with Crippen LogP contribution < -0.4 is 0 Å². The molecule has 4 heteroatoms. The van der Waals surface area contributed by atoms with Crippen molar-refractivity contribution in [1.29, 1.82) is 0 Å². The summed E-state index contributed by atoms with van der Waals surface area (Å²) in [7, 11) is 1.80. The third-order valence-corrected chi connectivity index (χ3v) is 3.25. The number of hydrogen-bond donors (Lipinski definition) is 1. The molecule has 0 unspecified atom stereocenters. The zero-order valence-electron chi connectivity index (χ0n) is 7.59. The number of aliphatic hydroxyl groups excluding tert-OH is 1. The van der Waals surface area contributed by atoms with Gasteiger partial charge in [-0.2, -0.15) is 0 Å². The predicted molar refractivity (Wildman–Crippen MR) is 56.5 cm³/mol. The molecule has 0 atom stereocenters. The highest BCUT2D eigenvalue weighted by atomic mass is 79.9. The molecule has 0 spiro atoms. The van der Waals surface area contributed by atoms with Crippen LogP contribution in [0, 0.1) is 5.82 Å². The maximum absolute atomic E-state index is 13.0. The maximum Gasteiger partial charge on any atom is 0.125 e. The topological polar surface area (TPSA) is 25.2 Å². The van der Waals surface area contributed by atoms with Gasteiger partial charge in [-0.3, -0.25) is 0 Å². The van der Waals surface area contributed by atoms with Crippen LogP contribution >= 0.6 is 15.9 Å². The lowest BCUT2D eigenvalue weighted by Crippen LogP contribution is -1.95. The van der Waals surface area contributed by atoms with Crippen molar-refractivity contribution in [3.05, 3.63) is 34.2 Å². The number of aromatic nitrogens is 1. The first-order valence-corrected chi connectivity index (χ1v) is 4.97. The predicted octanol–water partition coefficient (Wildman–Crippen LogP) is 2.57. The maximum atomic E-state index is 13.0. The Morgan fingerprint density at radius 2 is 2.21 bits per heavy atom. The summed E-state index contributed by atoms with van der Waals surface area (Å²) in [6.07, 6.45) is 0. The average Bonchev–Trinajstić information content (AvgIpc) is 2.39. The van der Waals surface area contributed by atoms with Gasteiger partial charge in [0.05, 0.1) is 17.8 Å². The third-order valence-electron chi connectivity index (χ3n) is 2.37. The van der Waals surface area contributed by atoms with Crippen LogP contribution in [0.15, 0.2) is 22.7 Å². The highest BCUT2D eigenvalue weighted by Gasteiger charge is 2.12. The number of aliphatic hydroxyl groups is 1. The normalized spacial score (nSPS) is 11.1. The number of hydrogen-bond acceptors (Lipinski definition) is 1. The van der Waals surface area contributed by atoms with E-state index in [2.05, 4.69) is 15.9 Å². The molecule has 74 valence electrons. The zero-order valence-corrected chi connectivity index (χ0v) is 9.18. The molecular weight excluding hydrogens is 249 g/mol. The fourth-order valence-electron chi connectivity index (χ4n) is 1.59. The van der Waals surface area contributed by atoms with Crippen LogP contribution in [0.1, 0.15) is 5.69 Å². The third kappa shape index (κ3) is 1.26. The van der Waals surface area contributed by atoms with Crippen molar-refractivity contribution in [3.8, 4) is 0 Å². The molecule has 14 heavy (non-hydrogen) atoms. The summed E-state index contributed by atoms with van der Waals surface area (Å²) in [4.78, 5) is 0. The Balaban J connectivity index is 2.87. The quantitative estimate of drug-likeness (QED) is 0.835. The molecule has 0 aliphatic heterocycles. The monoisotopic (exact) mass is 257 g/mol. The largest absolute Gasteiger partial charge is 0.390 e. The second kappa shape index (κ2) is 3.37. The van der Waals surface area contributed by atoms with E-state index in [-0.39, 0.29) is 12.4 Å². The zero-order chi connectivity index (χ0) is 10.3. The summed E-state index contributed by atoms with van der Waals surface area (Å²) in [5, 5.41) is 10.0. The molecule has 1 aromatic heterocycles.